The van der Waals surface area contributed by atoms with Gasteiger partial charge in [-0.2, -0.15) is 5.10 Å². The number of para-hydroxylation sites is 1. The molecule has 1 aliphatic heterocycles. The Bertz CT molecular complexity index is 1800. The van der Waals surface area contributed by atoms with E-state index in [0.29, 0.717) is 52.3 Å². The van der Waals surface area contributed by atoms with E-state index in [1.165, 1.54) is 7.05 Å². The third kappa shape index (κ3) is 8.12. The monoisotopic (exact) mass is 638 g/mol. The Morgan fingerprint density at radius 1 is 1.02 bits per heavy atom. The maximum atomic E-state index is 12.7. The molecular formula is C33H38N10O4. The number of likely N-dealkylation sites (tertiary alicyclic amines) is 1. The van der Waals surface area contributed by atoms with E-state index in [1.54, 1.807) is 48.4 Å². The number of hydrogen-bond donors (Lipinski definition) is 3. The van der Waals surface area contributed by atoms with Gasteiger partial charge in [0.05, 0.1) is 30.1 Å². The van der Waals surface area contributed by atoms with Crippen LogP contribution in [0.5, 0.6) is 5.75 Å². The van der Waals surface area contributed by atoms with E-state index >= 15 is 0 Å². The molecule has 3 N–H and O–H groups in total. The summed E-state index contributed by atoms with van der Waals surface area (Å²) >= 11 is 0. The first kappa shape index (κ1) is 32.7. The number of benzene rings is 1. The number of methoxy groups -OCH3 is 1. The van der Waals surface area contributed by atoms with Gasteiger partial charge in [-0.25, -0.2) is 14.8 Å². The molecule has 5 rings (SSSR count). The molecule has 3 aromatic heterocycles. The average Bonchev–Trinajstić information content (AvgIpc) is 3.49. The van der Waals surface area contributed by atoms with Crippen LogP contribution in [0.2, 0.25) is 0 Å². The van der Waals surface area contributed by atoms with Gasteiger partial charge in [-0.1, -0.05) is 17.9 Å². The molecule has 0 aliphatic carbocycles. The second kappa shape index (κ2) is 14.2. The molecule has 0 saturated carbocycles. The van der Waals surface area contributed by atoms with Gasteiger partial charge in [0, 0.05) is 38.5 Å². The predicted molar refractivity (Wildman–Crippen MR) is 177 cm³/mol. The van der Waals surface area contributed by atoms with Gasteiger partial charge < -0.3 is 25.4 Å². The van der Waals surface area contributed by atoms with Crippen LogP contribution in [-0.4, -0.2) is 79.2 Å². The highest BCUT2D eigenvalue weighted by Crippen LogP contribution is 2.37. The second-order valence-electron chi connectivity index (χ2n) is 11.8. The quantitative estimate of drug-likeness (QED) is 0.241. The number of piperidine rings is 1. The van der Waals surface area contributed by atoms with Crippen molar-refractivity contribution in [2.75, 3.05) is 31.3 Å². The Morgan fingerprint density at radius 3 is 2.53 bits per heavy atom. The van der Waals surface area contributed by atoms with Gasteiger partial charge in [0.25, 0.3) is 5.91 Å². The summed E-state index contributed by atoms with van der Waals surface area (Å²) in [6, 6.07) is 10.5. The fraction of sp³-hybridized carbons (Fsp3) is 0.364. The first-order valence-corrected chi connectivity index (χ1v) is 15.2. The molecule has 0 radical (unpaired) electrons. The summed E-state index contributed by atoms with van der Waals surface area (Å²) in [6.07, 6.45) is 5.61. The molecule has 4 heterocycles. The lowest BCUT2D eigenvalue weighted by molar-refractivity contribution is 0.0158. The van der Waals surface area contributed by atoms with Gasteiger partial charge in [-0.05, 0) is 64.3 Å². The zero-order valence-corrected chi connectivity index (χ0v) is 27.3. The van der Waals surface area contributed by atoms with Crippen LogP contribution in [-0.2, 0) is 11.8 Å². The van der Waals surface area contributed by atoms with Crippen molar-refractivity contribution >= 4 is 35.0 Å². The van der Waals surface area contributed by atoms with Crippen LogP contribution >= 0.6 is 0 Å². The molecule has 14 heteroatoms. The molecule has 1 fully saturated rings. The summed E-state index contributed by atoms with van der Waals surface area (Å²) in [4.78, 5) is 35.9. The molecule has 14 nitrogen and oxygen atoms in total. The standard InChI is InChI=1S/C33H38N10O4/c1-33(2,3)47-32(45)43-17-8-7-10-22(43)15-13-21-14-16-26(35-19-21)38-27-18-25(28(40-39-27)31(44)34-4)37-24-12-9-11-23(29(24)46-6)30-36-20-42(5)41-30/h9,11-12,14,16,18-20,22H,7-8,10,17H2,1-6H3,(H,34,44)(H2,35,37,38,39). The highest BCUT2D eigenvalue weighted by molar-refractivity contribution is 5.99. The highest BCUT2D eigenvalue weighted by Gasteiger charge is 2.29. The molecule has 244 valence electrons. The molecule has 1 aromatic carbocycles. The summed E-state index contributed by atoms with van der Waals surface area (Å²) in [7, 11) is 4.86. The Hall–Kier alpha value is -5.71. The number of hydrogen-bond acceptors (Lipinski definition) is 11. The molecule has 0 bridgehead atoms. The molecular weight excluding hydrogens is 600 g/mol. The SMILES string of the molecule is CNC(=O)c1nnc(Nc2ccc(C#CC3CCCCN3C(=O)OC(C)(C)C)cn2)cc1Nc1cccc(-c2ncn(C)n2)c1OC. The Labute approximate surface area is 273 Å². The highest BCUT2D eigenvalue weighted by atomic mass is 16.6. The van der Waals surface area contributed by atoms with E-state index < -0.39 is 11.5 Å². The predicted octanol–water partition coefficient (Wildman–Crippen LogP) is 4.66. The van der Waals surface area contributed by atoms with E-state index in [4.69, 9.17) is 9.47 Å². The van der Waals surface area contributed by atoms with Gasteiger partial charge in [-0.15, -0.1) is 10.2 Å². The van der Waals surface area contributed by atoms with Crippen LogP contribution < -0.4 is 20.7 Å². The van der Waals surface area contributed by atoms with Crippen molar-refractivity contribution in [3.63, 3.8) is 0 Å². The summed E-state index contributed by atoms with van der Waals surface area (Å²) in [6.45, 7) is 6.18. The number of anilines is 4. The average molecular weight is 639 g/mol. The number of ether oxygens (including phenoxy) is 2. The van der Waals surface area contributed by atoms with Crippen LogP contribution in [0.4, 0.5) is 27.8 Å². The smallest absolute Gasteiger partial charge is 0.411 e. The second-order valence-corrected chi connectivity index (χ2v) is 11.8. The molecule has 1 unspecified atom stereocenters. The third-order valence-electron chi connectivity index (χ3n) is 7.10. The van der Waals surface area contributed by atoms with Crippen molar-refractivity contribution in [3.05, 3.63) is 60.2 Å². The van der Waals surface area contributed by atoms with Crippen molar-refractivity contribution < 1.29 is 19.1 Å². The topological polar surface area (TPSA) is 161 Å². The van der Waals surface area contributed by atoms with Crippen molar-refractivity contribution in [3.8, 4) is 29.0 Å². The third-order valence-corrected chi connectivity index (χ3v) is 7.10. The number of aryl methyl sites for hydroxylation is 1. The number of carbonyl (C=O) groups excluding carboxylic acids is 2. The molecule has 0 spiro atoms. The zero-order chi connectivity index (χ0) is 33.6. The zero-order valence-electron chi connectivity index (χ0n) is 27.3. The number of carbonyl (C=O) groups is 2. The normalized spacial score (nSPS) is 14.4. The van der Waals surface area contributed by atoms with Crippen molar-refractivity contribution in [1.82, 2.24) is 40.2 Å². The number of nitrogens with one attached hydrogen (secondary N) is 3. The summed E-state index contributed by atoms with van der Waals surface area (Å²) < 4.78 is 12.9. The van der Waals surface area contributed by atoms with E-state index in [9.17, 15) is 9.59 Å². The molecule has 1 atom stereocenters. The van der Waals surface area contributed by atoms with Gasteiger partial charge in [0.15, 0.2) is 23.1 Å². The lowest BCUT2D eigenvalue weighted by atomic mass is 10.0. The Balaban J connectivity index is 1.34. The first-order valence-electron chi connectivity index (χ1n) is 15.2. The Morgan fingerprint density at radius 2 is 1.85 bits per heavy atom. The van der Waals surface area contributed by atoms with Crippen molar-refractivity contribution in [1.29, 1.82) is 0 Å². The van der Waals surface area contributed by atoms with E-state index in [-0.39, 0.29) is 17.8 Å². The van der Waals surface area contributed by atoms with Crippen molar-refractivity contribution in [2.45, 2.75) is 51.7 Å². The molecule has 1 saturated heterocycles. The molecule has 47 heavy (non-hydrogen) atoms. The van der Waals surface area contributed by atoms with Crippen LogP contribution in [0, 0.1) is 11.8 Å². The molecule has 4 aromatic rings. The largest absolute Gasteiger partial charge is 0.494 e. The number of aromatic nitrogens is 6. The fourth-order valence-corrected chi connectivity index (χ4v) is 4.93. The van der Waals surface area contributed by atoms with Gasteiger partial charge in [0.1, 0.15) is 17.7 Å². The van der Waals surface area contributed by atoms with Gasteiger partial charge >= 0.3 is 6.09 Å². The van der Waals surface area contributed by atoms with Crippen LogP contribution in [0.15, 0.2) is 48.9 Å². The summed E-state index contributed by atoms with van der Waals surface area (Å²) in [5.41, 5.74) is 1.85. The van der Waals surface area contributed by atoms with Crippen molar-refractivity contribution in [2.24, 2.45) is 7.05 Å². The minimum atomic E-state index is -0.570. The van der Waals surface area contributed by atoms with Crippen LogP contribution in [0.25, 0.3) is 11.4 Å². The minimum absolute atomic E-state index is 0.0863. The molecule has 1 aliphatic rings. The lowest BCUT2D eigenvalue weighted by Crippen LogP contribution is -2.45. The first-order chi connectivity index (χ1) is 22.5. The van der Waals surface area contributed by atoms with Crippen LogP contribution in [0.1, 0.15) is 56.1 Å². The fourth-order valence-electron chi connectivity index (χ4n) is 4.93. The number of pyridine rings is 1. The van der Waals surface area contributed by atoms with Crippen LogP contribution in [0.3, 0.4) is 0 Å². The number of amides is 2. The minimum Gasteiger partial charge on any atom is -0.494 e. The maximum Gasteiger partial charge on any atom is 0.411 e. The lowest BCUT2D eigenvalue weighted by Gasteiger charge is -2.34. The molecule has 2 amide bonds. The number of nitrogens with zero attached hydrogens (tertiary/aromatic N) is 7. The van der Waals surface area contributed by atoms with E-state index in [0.717, 1.165) is 19.3 Å². The number of rotatable bonds is 7. The summed E-state index contributed by atoms with van der Waals surface area (Å²) in [5.74, 6) is 7.80. The van der Waals surface area contributed by atoms with Gasteiger partial charge in [0.2, 0.25) is 0 Å². The summed E-state index contributed by atoms with van der Waals surface area (Å²) in [5, 5.41) is 21.7. The Kier molecular flexibility index (Phi) is 9.84. The van der Waals surface area contributed by atoms with Gasteiger partial charge in [-0.3, -0.25) is 14.4 Å². The van der Waals surface area contributed by atoms with E-state index in [1.807, 2.05) is 45.0 Å². The van der Waals surface area contributed by atoms with E-state index in [2.05, 4.69) is 53.1 Å². The maximum absolute atomic E-state index is 12.7.